The Labute approximate surface area is 158 Å². The zero-order valence-corrected chi connectivity index (χ0v) is 15.7. The van der Waals surface area contributed by atoms with E-state index in [1.165, 1.54) is 6.07 Å². The molecule has 0 aliphatic carbocycles. The fourth-order valence-electron chi connectivity index (χ4n) is 4.02. The second-order valence-corrected chi connectivity index (χ2v) is 7.65. The number of likely N-dealkylation sites (tertiary alicyclic amines) is 1. The van der Waals surface area contributed by atoms with Crippen LogP contribution >= 0.6 is 0 Å². The normalized spacial score (nSPS) is 22.1. The Bertz CT molecular complexity index is 636. The first-order chi connectivity index (χ1) is 12.8. The number of piperidine rings is 1. The summed E-state index contributed by atoms with van der Waals surface area (Å²) in [4.78, 5) is 16.3. The smallest absolute Gasteiger partial charge is 0.381 e. The van der Waals surface area contributed by atoms with Gasteiger partial charge in [0, 0.05) is 26.7 Å². The van der Waals surface area contributed by atoms with Crippen LogP contribution in [0.1, 0.15) is 30.4 Å². The summed E-state index contributed by atoms with van der Waals surface area (Å²) in [7, 11) is 1.84. The molecule has 3 rings (SSSR count). The van der Waals surface area contributed by atoms with Gasteiger partial charge in [0.15, 0.2) is 0 Å². The maximum Gasteiger partial charge on any atom is 0.416 e. The first-order valence-electron chi connectivity index (χ1n) is 9.54. The summed E-state index contributed by atoms with van der Waals surface area (Å²) < 4.78 is 44.7. The van der Waals surface area contributed by atoms with E-state index < -0.39 is 11.7 Å². The van der Waals surface area contributed by atoms with Crippen molar-refractivity contribution >= 4 is 5.91 Å². The van der Waals surface area contributed by atoms with E-state index in [4.69, 9.17) is 4.74 Å². The fourth-order valence-corrected chi connectivity index (χ4v) is 4.02. The summed E-state index contributed by atoms with van der Waals surface area (Å²) in [5.74, 6) is 0.526. The van der Waals surface area contributed by atoms with Crippen molar-refractivity contribution in [3.8, 4) is 0 Å². The number of amides is 1. The molecule has 0 spiro atoms. The molecule has 0 aromatic heterocycles. The average molecular weight is 384 g/mol. The molecular formula is C20H27F3N2O2. The minimum Gasteiger partial charge on any atom is -0.381 e. The van der Waals surface area contributed by atoms with Crippen molar-refractivity contribution in [2.75, 3.05) is 39.9 Å². The lowest BCUT2D eigenvalue weighted by molar-refractivity contribution is -0.138. The van der Waals surface area contributed by atoms with Crippen LogP contribution in [-0.4, -0.2) is 55.6 Å². The monoisotopic (exact) mass is 384 g/mol. The molecule has 2 aliphatic rings. The topological polar surface area (TPSA) is 32.8 Å². The Morgan fingerprint density at radius 2 is 1.93 bits per heavy atom. The molecule has 2 heterocycles. The number of benzene rings is 1. The van der Waals surface area contributed by atoms with E-state index in [9.17, 15) is 18.0 Å². The van der Waals surface area contributed by atoms with Gasteiger partial charge < -0.3 is 9.64 Å². The van der Waals surface area contributed by atoms with Gasteiger partial charge in [0.25, 0.3) is 0 Å². The third-order valence-electron chi connectivity index (χ3n) is 5.61. The molecule has 27 heavy (non-hydrogen) atoms. The maximum atomic E-state index is 13.1. The van der Waals surface area contributed by atoms with Gasteiger partial charge in [-0.15, -0.1) is 0 Å². The lowest BCUT2D eigenvalue weighted by atomic mass is 9.95. The van der Waals surface area contributed by atoms with Crippen LogP contribution in [0, 0.1) is 11.8 Å². The number of nitrogens with zero attached hydrogens (tertiary/aromatic N) is 2. The Balaban J connectivity index is 1.49. The molecular weight excluding hydrogens is 357 g/mol. The summed E-state index contributed by atoms with van der Waals surface area (Å²) in [6.45, 7) is 3.71. The van der Waals surface area contributed by atoms with Crippen LogP contribution in [0.15, 0.2) is 24.3 Å². The third-order valence-corrected chi connectivity index (χ3v) is 5.61. The van der Waals surface area contributed by atoms with Crippen molar-refractivity contribution < 1.29 is 22.7 Å². The second-order valence-electron chi connectivity index (χ2n) is 7.65. The fraction of sp³-hybridized carbons (Fsp3) is 0.650. The minimum atomic E-state index is -4.32. The summed E-state index contributed by atoms with van der Waals surface area (Å²) in [6.07, 6.45) is -1.73. The largest absolute Gasteiger partial charge is 0.416 e. The lowest BCUT2D eigenvalue weighted by Gasteiger charge is -2.34. The molecule has 150 valence electrons. The van der Waals surface area contributed by atoms with Gasteiger partial charge in [0.1, 0.15) is 0 Å². The van der Waals surface area contributed by atoms with Gasteiger partial charge in [-0.3, -0.25) is 9.69 Å². The SMILES string of the molecule is CN(CC1CCN(Cc2ccccc2C(F)(F)F)CC1)C(=O)C1CCOC1. The van der Waals surface area contributed by atoms with Crippen LogP contribution in [0.25, 0.3) is 0 Å². The van der Waals surface area contributed by atoms with Crippen molar-refractivity contribution in [3.63, 3.8) is 0 Å². The van der Waals surface area contributed by atoms with Gasteiger partial charge in [0.2, 0.25) is 5.91 Å². The highest BCUT2D eigenvalue weighted by atomic mass is 19.4. The molecule has 2 saturated heterocycles. The molecule has 2 aliphatic heterocycles. The number of hydrogen-bond donors (Lipinski definition) is 0. The Morgan fingerprint density at radius 1 is 1.22 bits per heavy atom. The highest BCUT2D eigenvalue weighted by Crippen LogP contribution is 2.33. The predicted molar refractivity (Wildman–Crippen MR) is 96.0 cm³/mol. The van der Waals surface area contributed by atoms with Gasteiger partial charge in [-0.05, 0) is 49.9 Å². The van der Waals surface area contributed by atoms with Crippen LogP contribution in [-0.2, 0) is 22.3 Å². The summed E-state index contributed by atoms with van der Waals surface area (Å²) in [6, 6.07) is 5.80. The van der Waals surface area contributed by atoms with Gasteiger partial charge in [-0.25, -0.2) is 0 Å². The number of rotatable bonds is 5. The average Bonchev–Trinajstić information content (AvgIpc) is 3.17. The molecule has 4 nitrogen and oxygen atoms in total. The van der Waals surface area contributed by atoms with Crippen molar-refractivity contribution in [2.24, 2.45) is 11.8 Å². The Morgan fingerprint density at radius 3 is 2.56 bits per heavy atom. The van der Waals surface area contributed by atoms with E-state index in [1.54, 1.807) is 17.0 Å². The van der Waals surface area contributed by atoms with Crippen LogP contribution in [0.5, 0.6) is 0 Å². The zero-order valence-electron chi connectivity index (χ0n) is 15.7. The molecule has 1 aromatic carbocycles. The number of carbonyl (C=O) groups is 1. The minimum absolute atomic E-state index is 0.0195. The van der Waals surface area contributed by atoms with E-state index in [1.807, 2.05) is 7.05 Å². The molecule has 7 heteroatoms. The molecule has 1 amide bonds. The summed E-state index contributed by atoms with van der Waals surface area (Å²) in [5.41, 5.74) is -0.215. The standard InChI is InChI=1S/C20H27F3N2O2/c1-24(19(26)17-8-11-27-14-17)12-15-6-9-25(10-7-15)13-16-4-2-3-5-18(16)20(21,22)23/h2-5,15,17H,6-14H2,1H3. The van der Waals surface area contributed by atoms with Gasteiger partial charge >= 0.3 is 6.18 Å². The molecule has 1 unspecified atom stereocenters. The zero-order chi connectivity index (χ0) is 19.4. The Kier molecular flexibility index (Phi) is 6.42. The maximum absolute atomic E-state index is 13.1. The van der Waals surface area contributed by atoms with Gasteiger partial charge in [-0.1, -0.05) is 18.2 Å². The number of hydrogen-bond acceptors (Lipinski definition) is 3. The molecule has 0 bridgehead atoms. The third kappa shape index (κ3) is 5.23. The van der Waals surface area contributed by atoms with E-state index in [0.29, 0.717) is 37.8 Å². The first-order valence-corrected chi connectivity index (χ1v) is 9.54. The van der Waals surface area contributed by atoms with Crippen LogP contribution in [0.4, 0.5) is 13.2 Å². The summed E-state index contributed by atoms with van der Waals surface area (Å²) in [5, 5.41) is 0. The van der Waals surface area contributed by atoms with E-state index in [-0.39, 0.29) is 11.8 Å². The highest BCUT2D eigenvalue weighted by molar-refractivity contribution is 5.78. The van der Waals surface area contributed by atoms with E-state index in [0.717, 1.165) is 38.4 Å². The molecule has 2 fully saturated rings. The number of carbonyl (C=O) groups excluding carboxylic acids is 1. The number of ether oxygens (including phenoxy) is 1. The quantitative estimate of drug-likeness (QED) is 0.780. The van der Waals surface area contributed by atoms with Crippen LogP contribution in [0.3, 0.4) is 0 Å². The van der Waals surface area contributed by atoms with Gasteiger partial charge in [-0.2, -0.15) is 13.2 Å². The first kappa shape index (κ1) is 20.1. The number of alkyl halides is 3. The molecule has 1 aromatic rings. The predicted octanol–water partition coefficient (Wildman–Crippen LogP) is 3.41. The van der Waals surface area contributed by atoms with Crippen molar-refractivity contribution in [3.05, 3.63) is 35.4 Å². The highest BCUT2D eigenvalue weighted by Gasteiger charge is 2.34. The molecule has 0 N–H and O–H groups in total. The van der Waals surface area contributed by atoms with Crippen molar-refractivity contribution in [2.45, 2.75) is 32.0 Å². The van der Waals surface area contributed by atoms with Gasteiger partial charge in [0.05, 0.1) is 18.1 Å². The van der Waals surface area contributed by atoms with Crippen LogP contribution < -0.4 is 0 Å². The molecule has 1 atom stereocenters. The van der Waals surface area contributed by atoms with Crippen molar-refractivity contribution in [1.29, 1.82) is 0 Å². The molecule has 0 radical (unpaired) electrons. The van der Waals surface area contributed by atoms with E-state index >= 15 is 0 Å². The van der Waals surface area contributed by atoms with Crippen molar-refractivity contribution in [1.82, 2.24) is 9.80 Å². The summed E-state index contributed by atoms with van der Waals surface area (Å²) >= 11 is 0. The Hall–Kier alpha value is -1.60. The van der Waals surface area contributed by atoms with Crippen LogP contribution in [0.2, 0.25) is 0 Å². The lowest BCUT2D eigenvalue weighted by Crippen LogP contribution is -2.41. The van der Waals surface area contributed by atoms with E-state index in [2.05, 4.69) is 4.90 Å². The number of halogens is 3. The molecule has 0 saturated carbocycles. The second kappa shape index (κ2) is 8.61.